The number of nitrogens with zero attached hydrogens (tertiary/aromatic N) is 1. The number of thiophene rings is 1. The molecule has 6 heteroatoms. The molecule has 0 spiro atoms. The second-order valence-corrected chi connectivity index (χ2v) is 5.34. The first kappa shape index (κ1) is 13.2. The molecular formula is C12H11BrN2O2S. The van der Waals surface area contributed by atoms with E-state index in [0.717, 1.165) is 10.0 Å². The predicted molar refractivity (Wildman–Crippen MR) is 73.5 cm³/mol. The maximum atomic E-state index is 11.7. The summed E-state index contributed by atoms with van der Waals surface area (Å²) >= 11 is 4.76. The Hall–Kier alpha value is -1.24. The van der Waals surface area contributed by atoms with Crippen molar-refractivity contribution in [2.75, 3.05) is 6.54 Å². The van der Waals surface area contributed by atoms with E-state index >= 15 is 0 Å². The molecule has 2 aromatic rings. The van der Waals surface area contributed by atoms with E-state index in [4.69, 9.17) is 0 Å². The Morgan fingerprint density at radius 1 is 1.50 bits per heavy atom. The van der Waals surface area contributed by atoms with Gasteiger partial charge in [0.1, 0.15) is 5.69 Å². The molecule has 2 aromatic heterocycles. The van der Waals surface area contributed by atoms with Crippen molar-refractivity contribution in [1.29, 1.82) is 0 Å². The van der Waals surface area contributed by atoms with E-state index < -0.39 is 6.10 Å². The molecule has 1 amide bonds. The van der Waals surface area contributed by atoms with Gasteiger partial charge in [0.2, 0.25) is 0 Å². The lowest BCUT2D eigenvalue weighted by Gasteiger charge is -2.10. The molecule has 0 aliphatic rings. The topological polar surface area (TPSA) is 62.2 Å². The molecule has 0 aliphatic carbocycles. The Bertz CT molecular complexity index is 513. The van der Waals surface area contributed by atoms with E-state index in [9.17, 15) is 9.90 Å². The standard InChI is InChI=1S/C12H11BrN2O2S/c13-9-1-2-10(14-5-9)12(17)15-6-11(16)8-3-4-18-7-8/h1-5,7,11,16H,6H2,(H,15,17). The van der Waals surface area contributed by atoms with Crippen LogP contribution in [0.2, 0.25) is 0 Å². The second-order valence-electron chi connectivity index (χ2n) is 3.64. The fourth-order valence-corrected chi connectivity index (χ4v) is 2.31. The van der Waals surface area contributed by atoms with Gasteiger partial charge in [0.05, 0.1) is 6.10 Å². The van der Waals surface area contributed by atoms with Crippen LogP contribution in [0.15, 0.2) is 39.6 Å². The summed E-state index contributed by atoms with van der Waals surface area (Å²) < 4.78 is 0.817. The Morgan fingerprint density at radius 2 is 2.33 bits per heavy atom. The Labute approximate surface area is 117 Å². The van der Waals surface area contributed by atoms with Crippen LogP contribution in [0.4, 0.5) is 0 Å². The molecule has 0 aliphatic heterocycles. The molecular weight excluding hydrogens is 316 g/mol. The first-order valence-corrected chi connectivity index (χ1v) is 7.00. The summed E-state index contributed by atoms with van der Waals surface area (Å²) in [7, 11) is 0. The van der Waals surface area contributed by atoms with E-state index in [0.29, 0.717) is 5.69 Å². The molecule has 0 saturated carbocycles. The van der Waals surface area contributed by atoms with Crippen molar-refractivity contribution in [2.45, 2.75) is 6.10 Å². The number of hydrogen-bond donors (Lipinski definition) is 2. The molecule has 0 aromatic carbocycles. The smallest absolute Gasteiger partial charge is 0.269 e. The number of hydrogen-bond acceptors (Lipinski definition) is 4. The number of carbonyl (C=O) groups is 1. The lowest BCUT2D eigenvalue weighted by atomic mass is 10.2. The van der Waals surface area contributed by atoms with Gasteiger partial charge in [0, 0.05) is 17.2 Å². The molecule has 0 fully saturated rings. The van der Waals surface area contributed by atoms with Crippen LogP contribution in [0.25, 0.3) is 0 Å². The van der Waals surface area contributed by atoms with Gasteiger partial charge in [-0.05, 0) is 50.5 Å². The second kappa shape index (κ2) is 6.08. The molecule has 4 nitrogen and oxygen atoms in total. The fourth-order valence-electron chi connectivity index (χ4n) is 1.37. The summed E-state index contributed by atoms with van der Waals surface area (Å²) in [5, 5.41) is 16.2. The van der Waals surface area contributed by atoms with Crippen LogP contribution < -0.4 is 5.32 Å². The Balaban J connectivity index is 1.90. The summed E-state index contributed by atoms with van der Waals surface area (Å²) in [4.78, 5) is 15.7. The van der Waals surface area contributed by atoms with Crippen molar-refractivity contribution < 1.29 is 9.90 Å². The van der Waals surface area contributed by atoms with Crippen molar-refractivity contribution in [3.05, 3.63) is 50.9 Å². The monoisotopic (exact) mass is 326 g/mol. The van der Waals surface area contributed by atoms with E-state index in [-0.39, 0.29) is 12.5 Å². The number of carbonyl (C=O) groups excluding carboxylic acids is 1. The van der Waals surface area contributed by atoms with E-state index in [1.165, 1.54) is 11.3 Å². The van der Waals surface area contributed by atoms with Gasteiger partial charge in [-0.15, -0.1) is 0 Å². The van der Waals surface area contributed by atoms with Crippen LogP contribution in [0.5, 0.6) is 0 Å². The number of halogens is 1. The van der Waals surface area contributed by atoms with Gasteiger partial charge < -0.3 is 10.4 Å². The van der Waals surface area contributed by atoms with Crippen LogP contribution in [0, 0.1) is 0 Å². The number of amides is 1. The molecule has 0 radical (unpaired) electrons. The molecule has 0 bridgehead atoms. The summed E-state index contributed by atoms with van der Waals surface area (Å²) in [5.41, 5.74) is 1.14. The van der Waals surface area contributed by atoms with Gasteiger partial charge in [-0.1, -0.05) is 0 Å². The third-order valence-electron chi connectivity index (χ3n) is 2.34. The van der Waals surface area contributed by atoms with E-state index in [1.807, 2.05) is 16.8 Å². The summed E-state index contributed by atoms with van der Waals surface area (Å²) in [6, 6.07) is 5.20. The quantitative estimate of drug-likeness (QED) is 0.906. The SMILES string of the molecule is O=C(NCC(O)c1ccsc1)c1ccc(Br)cn1. The fraction of sp³-hybridized carbons (Fsp3) is 0.167. The highest BCUT2D eigenvalue weighted by Crippen LogP contribution is 2.15. The van der Waals surface area contributed by atoms with Crippen molar-refractivity contribution in [1.82, 2.24) is 10.3 Å². The maximum absolute atomic E-state index is 11.7. The number of aromatic nitrogens is 1. The summed E-state index contributed by atoms with van der Waals surface area (Å²) in [6.45, 7) is 0.174. The molecule has 2 heterocycles. The van der Waals surface area contributed by atoms with Crippen molar-refractivity contribution in [3.8, 4) is 0 Å². The third-order valence-corrected chi connectivity index (χ3v) is 3.51. The highest BCUT2D eigenvalue weighted by Gasteiger charge is 2.11. The Kier molecular flexibility index (Phi) is 4.46. The Morgan fingerprint density at radius 3 is 2.94 bits per heavy atom. The molecule has 94 valence electrons. The van der Waals surface area contributed by atoms with Crippen LogP contribution >= 0.6 is 27.3 Å². The molecule has 1 unspecified atom stereocenters. The number of nitrogens with one attached hydrogen (secondary N) is 1. The first-order valence-electron chi connectivity index (χ1n) is 5.27. The van der Waals surface area contributed by atoms with Gasteiger partial charge in [0.15, 0.2) is 0 Å². The van der Waals surface area contributed by atoms with Crippen molar-refractivity contribution in [2.24, 2.45) is 0 Å². The minimum absolute atomic E-state index is 0.174. The molecule has 1 atom stereocenters. The number of aliphatic hydroxyl groups excluding tert-OH is 1. The highest BCUT2D eigenvalue weighted by atomic mass is 79.9. The van der Waals surface area contributed by atoms with E-state index in [1.54, 1.807) is 18.3 Å². The first-order chi connectivity index (χ1) is 8.66. The van der Waals surface area contributed by atoms with Gasteiger partial charge in [-0.3, -0.25) is 4.79 Å². The molecule has 2 rings (SSSR count). The van der Waals surface area contributed by atoms with Crippen LogP contribution in [0.3, 0.4) is 0 Å². The highest BCUT2D eigenvalue weighted by molar-refractivity contribution is 9.10. The average Bonchev–Trinajstić information content (AvgIpc) is 2.90. The van der Waals surface area contributed by atoms with Gasteiger partial charge >= 0.3 is 0 Å². The van der Waals surface area contributed by atoms with Gasteiger partial charge in [0.25, 0.3) is 5.91 Å². The van der Waals surface area contributed by atoms with Crippen LogP contribution in [-0.2, 0) is 0 Å². The lowest BCUT2D eigenvalue weighted by molar-refractivity contribution is 0.0911. The predicted octanol–water partition coefficient (Wildman–Crippen LogP) is 2.37. The third kappa shape index (κ3) is 3.38. The molecule has 2 N–H and O–H groups in total. The van der Waals surface area contributed by atoms with Gasteiger partial charge in [-0.2, -0.15) is 11.3 Å². The maximum Gasteiger partial charge on any atom is 0.269 e. The largest absolute Gasteiger partial charge is 0.387 e. The van der Waals surface area contributed by atoms with Crippen molar-refractivity contribution >= 4 is 33.2 Å². The summed E-state index contributed by atoms with van der Waals surface area (Å²) in [6.07, 6.45) is 0.875. The number of aliphatic hydroxyl groups is 1. The lowest BCUT2D eigenvalue weighted by Crippen LogP contribution is -2.28. The normalized spacial score (nSPS) is 12.1. The van der Waals surface area contributed by atoms with Crippen LogP contribution in [-0.4, -0.2) is 22.5 Å². The minimum Gasteiger partial charge on any atom is -0.387 e. The molecule has 0 saturated heterocycles. The van der Waals surface area contributed by atoms with Crippen molar-refractivity contribution in [3.63, 3.8) is 0 Å². The number of rotatable bonds is 4. The zero-order chi connectivity index (χ0) is 13.0. The van der Waals surface area contributed by atoms with E-state index in [2.05, 4.69) is 26.2 Å². The minimum atomic E-state index is -0.685. The summed E-state index contributed by atoms with van der Waals surface area (Å²) in [5.74, 6) is -0.295. The molecule has 18 heavy (non-hydrogen) atoms. The number of pyridine rings is 1. The van der Waals surface area contributed by atoms with Crippen LogP contribution in [0.1, 0.15) is 22.2 Å². The zero-order valence-electron chi connectivity index (χ0n) is 9.34. The zero-order valence-corrected chi connectivity index (χ0v) is 11.7. The van der Waals surface area contributed by atoms with Gasteiger partial charge in [-0.25, -0.2) is 4.98 Å². The average molecular weight is 327 g/mol.